The van der Waals surface area contributed by atoms with E-state index in [4.69, 9.17) is 4.74 Å². The molecule has 7 atom stereocenters. The van der Waals surface area contributed by atoms with Gasteiger partial charge in [-0.1, -0.05) is 43.3 Å². The van der Waals surface area contributed by atoms with Crippen molar-refractivity contribution in [2.24, 2.45) is 17.3 Å². The highest BCUT2D eigenvalue weighted by atomic mass is 16.5. The van der Waals surface area contributed by atoms with Gasteiger partial charge in [0.25, 0.3) is 0 Å². The predicted molar refractivity (Wildman–Crippen MR) is 111 cm³/mol. The lowest BCUT2D eigenvalue weighted by Crippen LogP contribution is -2.46. The van der Waals surface area contributed by atoms with Crippen LogP contribution in [-0.2, 0) is 13.0 Å². The van der Waals surface area contributed by atoms with Gasteiger partial charge in [-0.25, -0.2) is 0 Å². The number of ether oxygens (including phenoxy) is 1. The molecule has 2 aromatic rings. The molecule has 0 unspecified atom stereocenters. The molecular formula is C25H30O4. The van der Waals surface area contributed by atoms with Crippen LogP contribution >= 0.6 is 0 Å². The number of benzene rings is 2. The van der Waals surface area contributed by atoms with Crippen LogP contribution in [0.5, 0.6) is 5.75 Å². The van der Waals surface area contributed by atoms with E-state index in [0.717, 1.165) is 37.0 Å². The highest BCUT2D eigenvalue weighted by Gasteiger charge is 2.62. The average molecular weight is 395 g/mol. The summed E-state index contributed by atoms with van der Waals surface area (Å²) >= 11 is 0. The summed E-state index contributed by atoms with van der Waals surface area (Å²) in [5.74, 6) is 1.54. The standard InChI is InChI=1S/C25H30O4/c1-25-12-11-19-18-10-8-17(29-14-15-5-3-2-4-6-15)13-16(18)7-9-20(19)21(25)22(26)23(27)24(25)28/h2-6,8,10,13,19-24,26-28H,7,9,11-12,14H2,1H3/t19-,20-,21-,22+,23-,24+,25+/m1/s1. The quantitative estimate of drug-likeness (QED) is 0.746. The van der Waals surface area contributed by atoms with Gasteiger partial charge >= 0.3 is 0 Å². The highest BCUT2D eigenvalue weighted by Crippen LogP contribution is 2.61. The Morgan fingerprint density at radius 3 is 2.59 bits per heavy atom. The third kappa shape index (κ3) is 3.00. The van der Waals surface area contributed by atoms with Crippen LogP contribution in [0.4, 0.5) is 0 Å². The van der Waals surface area contributed by atoms with Gasteiger partial charge in [0.15, 0.2) is 0 Å². The molecule has 0 amide bonds. The second-order valence-electron chi connectivity index (χ2n) is 9.44. The number of rotatable bonds is 3. The Labute approximate surface area is 172 Å². The maximum absolute atomic E-state index is 10.7. The fraction of sp³-hybridized carbons (Fsp3) is 0.520. The van der Waals surface area contributed by atoms with E-state index in [1.807, 2.05) is 25.1 Å². The fourth-order valence-electron chi connectivity index (χ4n) is 6.44. The van der Waals surface area contributed by atoms with Crippen LogP contribution in [0.1, 0.15) is 48.8 Å². The summed E-state index contributed by atoms with van der Waals surface area (Å²) in [4.78, 5) is 0. The summed E-state index contributed by atoms with van der Waals surface area (Å²) in [7, 11) is 0. The summed E-state index contributed by atoms with van der Waals surface area (Å²) in [5, 5.41) is 31.6. The zero-order valence-corrected chi connectivity index (χ0v) is 16.9. The average Bonchev–Trinajstić information content (AvgIpc) is 2.93. The number of hydrogen-bond acceptors (Lipinski definition) is 4. The fourth-order valence-corrected chi connectivity index (χ4v) is 6.44. The Balaban J connectivity index is 1.37. The highest BCUT2D eigenvalue weighted by molar-refractivity contribution is 5.41. The zero-order valence-electron chi connectivity index (χ0n) is 16.9. The molecule has 3 aliphatic rings. The first-order valence-electron chi connectivity index (χ1n) is 10.8. The Hall–Kier alpha value is -1.88. The minimum Gasteiger partial charge on any atom is -0.489 e. The van der Waals surface area contributed by atoms with E-state index in [1.165, 1.54) is 11.1 Å². The van der Waals surface area contributed by atoms with Crippen LogP contribution in [0, 0.1) is 17.3 Å². The minimum atomic E-state index is -1.03. The molecule has 5 rings (SSSR count). The Morgan fingerprint density at radius 1 is 1.00 bits per heavy atom. The molecule has 154 valence electrons. The lowest BCUT2D eigenvalue weighted by molar-refractivity contribution is -0.0505. The Bertz CT molecular complexity index is 882. The lowest BCUT2D eigenvalue weighted by Gasteiger charge is -2.50. The number of aryl methyl sites for hydroxylation is 1. The normalized spacial score (nSPS) is 38.1. The predicted octanol–water partition coefficient (Wildman–Crippen LogP) is 3.42. The molecule has 0 aromatic heterocycles. The van der Waals surface area contributed by atoms with Crippen molar-refractivity contribution in [3.63, 3.8) is 0 Å². The molecule has 4 nitrogen and oxygen atoms in total. The Morgan fingerprint density at radius 2 is 1.79 bits per heavy atom. The molecule has 3 aliphatic carbocycles. The van der Waals surface area contributed by atoms with Crippen molar-refractivity contribution in [3.8, 4) is 5.75 Å². The lowest BCUT2D eigenvalue weighted by atomic mass is 9.55. The van der Waals surface area contributed by atoms with Crippen molar-refractivity contribution < 1.29 is 20.1 Å². The molecule has 2 fully saturated rings. The smallest absolute Gasteiger partial charge is 0.120 e. The SMILES string of the molecule is C[C@]12CC[C@@H]3c4ccc(OCc5ccccc5)cc4CC[C@H]3[C@@H]1[C@H](O)[C@@H](O)[C@@H]2O. The van der Waals surface area contributed by atoms with E-state index in [-0.39, 0.29) is 5.92 Å². The summed E-state index contributed by atoms with van der Waals surface area (Å²) in [5.41, 5.74) is 3.47. The van der Waals surface area contributed by atoms with E-state index in [2.05, 4.69) is 30.3 Å². The monoisotopic (exact) mass is 394 g/mol. The van der Waals surface area contributed by atoms with Gasteiger partial charge in [-0.2, -0.15) is 0 Å². The van der Waals surface area contributed by atoms with Crippen molar-refractivity contribution in [2.75, 3.05) is 0 Å². The molecule has 0 radical (unpaired) electrons. The van der Waals surface area contributed by atoms with Gasteiger partial charge < -0.3 is 20.1 Å². The van der Waals surface area contributed by atoms with E-state index in [0.29, 0.717) is 18.4 Å². The third-order valence-electron chi connectivity index (χ3n) is 7.96. The van der Waals surface area contributed by atoms with E-state index < -0.39 is 23.7 Å². The van der Waals surface area contributed by atoms with E-state index in [9.17, 15) is 15.3 Å². The largest absolute Gasteiger partial charge is 0.489 e. The molecule has 0 aliphatic heterocycles. The van der Waals surface area contributed by atoms with Crippen LogP contribution < -0.4 is 4.74 Å². The van der Waals surface area contributed by atoms with Crippen LogP contribution in [0.3, 0.4) is 0 Å². The molecule has 29 heavy (non-hydrogen) atoms. The molecule has 0 spiro atoms. The summed E-state index contributed by atoms with van der Waals surface area (Å²) in [6.45, 7) is 2.61. The molecular weight excluding hydrogens is 364 g/mol. The maximum atomic E-state index is 10.7. The Kier molecular flexibility index (Phi) is 4.69. The molecule has 0 saturated heterocycles. The van der Waals surface area contributed by atoms with Gasteiger partial charge in [0.1, 0.15) is 18.5 Å². The second-order valence-corrected chi connectivity index (χ2v) is 9.44. The van der Waals surface area contributed by atoms with Gasteiger partial charge in [-0.3, -0.25) is 0 Å². The molecule has 2 saturated carbocycles. The van der Waals surface area contributed by atoms with Gasteiger partial charge in [0.2, 0.25) is 0 Å². The summed E-state index contributed by atoms with van der Waals surface area (Å²) in [6.07, 6.45) is 1.06. The molecule has 2 aromatic carbocycles. The van der Waals surface area contributed by atoms with Crippen molar-refractivity contribution in [3.05, 3.63) is 65.2 Å². The number of hydrogen-bond donors (Lipinski definition) is 3. The molecule has 4 heteroatoms. The molecule has 3 N–H and O–H groups in total. The van der Waals surface area contributed by atoms with Crippen molar-refractivity contribution in [1.82, 2.24) is 0 Å². The first-order chi connectivity index (χ1) is 14.0. The molecule has 0 bridgehead atoms. The summed E-state index contributed by atoms with van der Waals surface area (Å²) < 4.78 is 6.02. The molecule has 0 heterocycles. The first kappa shape index (κ1) is 19.1. The van der Waals surface area contributed by atoms with Crippen LogP contribution in [0.2, 0.25) is 0 Å². The van der Waals surface area contributed by atoms with Crippen molar-refractivity contribution in [1.29, 1.82) is 0 Å². The van der Waals surface area contributed by atoms with Crippen molar-refractivity contribution >= 4 is 0 Å². The number of fused-ring (bicyclic) bond motifs is 5. The van der Waals surface area contributed by atoms with Crippen LogP contribution in [-0.4, -0.2) is 33.6 Å². The van der Waals surface area contributed by atoms with Gasteiger partial charge in [0, 0.05) is 5.41 Å². The maximum Gasteiger partial charge on any atom is 0.120 e. The van der Waals surface area contributed by atoms with E-state index >= 15 is 0 Å². The summed E-state index contributed by atoms with van der Waals surface area (Å²) in [6, 6.07) is 16.6. The van der Waals surface area contributed by atoms with Crippen LogP contribution in [0.15, 0.2) is 48.5 Å². The number of aliphatic hydroxyl groups excluding tert-OH is 3. The second kappa shape index (κ2) is 7.12. The third-order valence-corrected chi connectivity index (χ3v) is 7.96. The topological polar surface area (TPSA) is 69.9 Å². The van der Waals surface area contributed by atoms with Crippen LogP contribution in [0.25, 0.3) is 0 Å². The van der Waals surface area contributed by atoms with Gasteiger partial charge in [-0.05, 0) is 72.3 Å². The van der Waals surface area contributed by atoms with E-state index in [1.54, 1.807) is 0 Å². The van der Waals surface area contributed by atoms with Gasteiger partial charge in [-0.15, -0.1) is 0 Å². The zero-order chi connectivity index (χ0) is 20.2. The number of aliphatic hydroxyl groups is 3. The van der Waals surface area contributed by atoms with Gasteiger partial charge in [0.05, 0.1) is 12.2 Å². The first-order valence-corrected chi connectivity index (χ1v) is 10.8. The minimum absolute atomic E-state index is 0.0478. The van der Waals surface area contributed by atoms with Crippen molar-refractivity contribution in [2.45, 2.75) is 63.4 Å².